The van der Waals surface area contributed by atoms with Crippen LogP contribution in [-0.4, -0.2) is 19.3 Å². The normalized spacial score (nSPS) is 10.7. The zero-order chi connectivity index (χ0) is 13.9. The second-order valence-electron chi connectivity index (χ2n) is 3.69. The Kier molecular flexibility index (Phi) is 6.44. The van der Waals surface area contributed by atoms with Crippen LogP contribution in [0.3, 0.4) is 0 Å². The summed E-state index contributed by atoms with van der Waals surface area (Å²) in [6, 6.07) is 12.7. The summed E-state index contributed by atoms with van der Waals surface area (Å²) in [5.41, 5.74) is 0.536. The van der Waals surface area contributed by atoms with Crippen molar-refractivity contribution in [3.63, 3.8) is 0 Å². The van der Waals surface area contributed by atoms with Gasteiger partial charge in [0.1, 0.15) is 16.4 Å². The van der Waals surface area contributed by atoms with Gasteiger partial charge in [-0.1, -0.05) is 36.0 Å². The van der Waals surface area contributed by atoms with E-state index in [1.54, 1.807) is 36.4 Å². The van der Waals surface area contributed by atoms with Gasteiger partial charge in [0.15, 0.2) is 0 Å². The number of aldehydes is 1. The number of carbonyl (C=O) groups excluding carboxylic acids is 1. The number of carbonyl (C=O) groups is 1. The topological polar surface area (TPSA) is 74.3 Å². The van der Waals surface area contributed by atoms with Crippen LogP contribution >= 0.6 is 11.8 Å². The molecule has 0 saturated carbocycles. The van der Waals surface area contributed by atoms with Crippen LogP contribution in [0.4, 0.5) is 0 Å². The van der Waals surface area contributed by atoms with Gasteiger partial charge < -0.3 is 4.55 Å². The molecule has 0 radical (unpaired) electrons. The van der Waals surface area contributed by atoms with Crippen LogP contribution in [-0.2, 0) is 10.1 Å². The van der Waals surface area contributed by atoms with Gasteiger partial charge in [0.2, 0.25) is 0 Å². The average Bonchev–Trinajstić information content (AvgIpc) is 2.39. The number of hydrogen-bond donors (Lipinski definition) is 0. The van der Waals surface area contributed by atoms with Crippen LogP contribution in [0, 0.1) is 0 Å². The molecule has 2 aromatic carbocycles. The van der Waals surface area contributed by atoms with Crippen molar-refractivity contribution in [1.82, 2.24) is 0 Å². The Balaban J connectivity index is 0.00000200. The third-order valence-electron chi connectivity index (χ3n) is 2.36. The van der Waals surface area contributed by atoms with E-state index in [2.05, 4.69) is 0 Å². The Morgan fingerprint density at radius 3 is 2.15 bits per heavy atom. The fourth-order valence-electron chi connectivity index (χ4n) is 1.48. The minimum atomic E-state index is -4.49. The zero-order valence-electron chi connectivity index (χ0n) is 10.6. The number of benzene rings is 2. The van der Waals surface area contributed by atoms with E-state index in [9.17, 15) is 17.8 Å². The molecule has 2 rings (SSSR count). The van der Waals surface area contributed by atoms with Gasteiger partial charge in [-0.05, 0) is 24.3 Å². The van der Waals surface area contributed by atoms with Crippen molar-refractivity contribution in [2.24, 2.45) is 0 Å². The smallest absolute Gasteiger partial charge is 0.744 e. The van der Waals surface area contributed by atoms with E-state index in [0.29, 0.717) is 10.5 Å². The average molecular weight is 316 g/mol. The maximum absolute atomic E-state index is 11.1. The van der Waals surface area contributed by atoms with E-state index in [-0.39, 0.29) is 34.5 Å². The SMILES string of the molecule is O=Cc1ccc(Sc2ccccc2S(=O)(=O)[O-])cc1.[Na+]. The molecular weight excluding hydrogens is 307 g/mol. The number of hydrogen-bond acceptors (Lipinski definition) is 5. The van der Waals surface area contributed by atoms with E-state index in [1.165, 1.54) is 23.9 Å². The van der Waals surface area contributed by atoms with E-state index < -0.39 is 10.1 Å². The molecule has 2 aromatic rings. The van der Waals surface area contributed by atoms with Crippen molar-refractivity contribution in [2.45, 2.75) is 14.7 Å². The Morgan fingerprint density at radius 1 is 1.00 bits per heavy atom. The third kappa shape index (κ3) is 4.44. The summed E-state index contributed by atoms with van der Waals surface area (Å²) in [5, 5.41) is 0. The van der Waals surface area contributed by atoms with Gasteiger partial charge in [0.05, 0.1) is 4.90 Å². The molecule has 0 aliphatic heterocycles. The van der Waals surface area contributed by atoms with Gasteiger partial charge in [0.25, 0.3) is 0 Å². The van der Waals surface area contributed by atoms with Crippen molar-refractivity contribution >= 4 is 28.2 Å². The van der Waals surface area contributed by atoms with Gasteiger partial charge in [-0.25, -0.2) is 8.42 Å². The van der Waals surface area contributed by atoms with Crippen molar-refractivity contribution in [3.05, 3.63) is 54.1 Å². The maximum Gasteiger partial charge on any atom is 1.00 e. The molecule has 98 valence electrons. The van der Waals surface area contributed by atoms with Crippen LogP contribution in [0.1, 0.15) is 10.4 Å². The van der Waals surface area contributed by atoms with E-state index in [0.717, 1.165) is 11.2 Å². The van der Waals surface area contributed by atoms with E-state index >= 15 is 0 Å². The first-order valence-electron chi connectivity index (χ1n) is 5.29. The Morgan fingerprint density at radius 2 is 1.60 bits per heavy atom. The molecule has 0 atom stereocenters. The van der Waals surface area contributed by atoms with Crippen LogP contribution in [0.2, 0.25) is 0 Å². The minimum Gasteiger partial charge on any atom is -0.744 e. The van der Waals surface area contributed by atoms with Crippen LogP contribution in [0.15, 0.2) is 63.2 Å². The van der Waals surface area contributed by atoms with Gasteiger partial charge in [-0.3, -0.25) is 4.79 Å². The molecule has 0 heterocycles. The maximum atomic E-state index is 11.1. The summed E-state index contributed by atoms with van der Waals surface area (Å²) < 4.78 is 33.4. The second kappa shape index (κ2) is 7.40. The van der Waals surface area contributed by atoms with Crippen molar-refractivity contribution in [2.75, 3.05) is 0 Å². The van der Waals surface area contributed by atoms with Crippen molar-refractivity contribution < 1.29 is 47.3 Å². The summed E-state index contributed by atoms with van der Waals surface area (Å²) in [5.74, 6) is 0. The zero-order valence-corrected chi connectivity index (χ0v) is 14.3. The van der Waals surface area contributed by atoms with Crippen molar-refractivity contribution in [3.8, 4) is 0 Å². The standard InChI is InChI=1S/C13H10O4S2.Na/c14-9-10-5-7-11(8-6-10)18-12-3-1-2-4-13(12)19(15,16)17;/h1-9H,(H,15,16,17);/q;+1/p-1. The Labute approximate surface area is 143 Å². The van der Waals surface area contributed by atoms with Crippen LogP contribution < -0.4 is 29.6 Å². The molecule has 0 aromatic heterocycles. The van der Waals surface area contributed by atoms with Crippen molar-refractivity contribution in [1.29, 1.82) is 0 Å². The summed E-state index contributed by atoms with van der Waals surface area (Å²) in [6.45, 7) is 0. The molecule has 0 fully saturated rings. The van der Waals surface area contributed by atoms with Crippen LogP contribution in [0.25, 0.3) is 0 Å². The largest absolute Gasteiger partial charge is 1.00 e. The molecular formula is C13H9NaO4S2. The first kappa shape index (κ1) is 17.4. The summed E-state index contributed by atoms with van der Waals surface area (Å²) in [4.78, 5) is 11.4. The Hall–Kier alpha value is -0.630. The summed E-state index contributed by atoms with van der Waals surface area (Å²) in [7, 11) is -4.49. The Bertz CT molecular complexity index is 697. The molecule has 0 bridgehead atoms. The van der Waals surface area contributed by atoms with E-state index in [4.69, 9.17) is 0 Å². The molecule has 0 amide bonds. The monoisotopic (exact) mass is 316 g/mol. The molecule has 0 saturated heterocycles. The summed E-state index contributed by atoms with van der Waals surface area (Å²) in [6.07, 6.45) is 0.727. The fraction of sp³-hybridized carbons (Fsp3) is 0. The third-order valence-corrected chi connectivity index (χ3v) is 4.47. The van der Waals surface area contributed by atoms with Gasteiger partial charge in [-0.2, -0.15) is 0 Å². The van der Waals surface area contributed by atoms with Gasteiger partial charge >= 0.3 is 29.6 Å². The predicted molar refractivity (Wildman–Crippen MR) is 70.4 cm³/mol. The predicted octanol–water partition coefficient (Wildman–Crippen LogP) is -0.442. The second-order valence-corrected chi connectivity index (χ2v) is 6.15. The molecule has 0 N–H and O–H groups in total. The molecule has 7 heteroatoms. The van der Waals surface area contributed by atoms with E-state index in [1.807, 2.05) is 0 Å². The first-order chi connectivity index (χ1) is 9.00. The van der Waals surface area contributed by atoms with Gasteiger partial charge in [0, 0.05) is 15.4 Å². The first-order valence-corrected chi connectivity index (χ1v) is 7.51. The van der Waals surface area contributed by atoms with Gasteiger partial charge in [-0.15, -0.1) is 0 Å². The molecule has 0 unspecified atom stereocenters. The molecule has 20 heavy (non-hydrogen) atoms. The number of rotatable bonds is 4. The quantitative estimate of drug-likeness (QED) is 0.434. The molecule has 0 aliphatic carbocycles. The summed E-state index contributed by atoms with van der Waals surface area (Å²) >= 11 is 1.17. The minimum absolute atomic E-state index is 0. The fourth-order valence-corrected chi connectivity index (χ4v) is 3.31. The molecule has 0 spiro atoms. The molecule has 0 aliphatic rings. The van der Waals surface area contributed by atoms with Crippen LogP contribution in [0.5, 0.6) is 0 Å². The molecule has 4 nitrogen and oxygen atoms in total.